The Hall–Kier alpha value is -4.44. The number of ether oxygens (including phenoxy) is 3. The predicted octanol–water partition coefficient (Wildman–Crippen LogP) is 4.17. The Bertz CT molecular complexity index is 1480. The highest BCUT2D eigenvalue weighted by Gasteiger charge is 2.24. The molecule has 10 heteroatoms. The number of carbonyl (C=O) groups is 1. The number of para-hydroxylation sites is 2. The summed E-state index contributed by atoms with van der Waals surface area (Å²) in [6.45, 7) is 3.55. The minimum Gasteiger partial charge on any atom is -0.493 e. The molecule has 0 radical (unpaired) electrons. The maximum absolute atomic E-state index is 12.8. The average molecular weight is 489 g/mol. The highest BCUT2D eigenvalue weighted by Crippen LogP contribution is 2.33. The summed E-state index contributed by atoms with van der Waals surface area (Å²) >= 11 is 0. The molecule has 0 atom stereocenters. The van der Waals surface area contributed by atoms with Crippen molar-refractivity contribution in [2.75, 3.05) is 43.6 Å². The van der Waals surface area contributed by atoms with Crippen LogP contribution in [0.3, 0.4) is 0 Å². The fraction of sp³-hybridized carbons (Fsp3) is 0.231. The third-order valence-corrected chi connectivity index (χ3v) is 5.73. The predicted molar refractivity (Wildman–Crippen MR) is 134 cm³/mol. The Morgan fingerprint density at radius 1 is 1.08 bits per heavy atom. The van der Waals surface area contributed by atoms with Crippen LogP contribution in [0.5, 0.6) is 17.4 Å². The van der Waals surface area contributed by atoms with E-state index in [-0.39, 0.29) is 17.3 Å². The van der Waals surface area contributed by atoms with E-state index in [1.807, 2.05) is 29.2 Å². The summed E-state index contributed by atoms with van der Waals surface area (Å²) in [5, 5.41) is 3.78. The topological polar surface area (TPSA) is 116 Å². The lowest BCUT2D eigenvalue weighted by Gasteiger charge is -2.30. The third-order valence-electron chi connectivity index (χ3n) is 5.73. The van der Waals surface area contributed by atoms with Crippen LogP contribution in [0, 0.1) is 0 Å². The van der Waals surface area contributed by atoms with Crippen LogP contribution in [-0.2, 0) is 4.74 Å². The summed E-state index contributed by atoms with van der Waals surface area (Å²) in [6.07, 6.45) is 1.57. The number of nitrogens with zero attached hydrogens (tertiary/aromatic N) is 3. The summed E-state index contributed by atoms with van der Waals surface area (Å²) < 4.78 is 22.2. The number of morpholine rings is 1. The summed E-state index contributed by atoms with van der Waals surface area (Å²) in [6, 6.07) is 14.2. The van der Waals surface area contributed by atoms with E-state index in [4.69, 9.17) is 18.6 Å². The first-order chi connectivity index (χ1) is 17.5. The molecule has 1 N–H and O–H groups in total. The van der Waals surface area contributed by atoms with E-state index >= 15 is 0 Å². The van der Waals surface area contributed by atoms with Gasteiger partial charge in [0.05, 0.1) is 26.0 Å². The van der Waals surface area contributed by atoms with Crippen molar-refractivity contribution in [1.29, 1.82) is 0 Å². The number of anilines is 3. The van der Waals surface area contributed by atoms with E-state index in [1.165, 1.54) is 6.92 Å². The van der Waals surface area contributed by atoms with E-state index in [0.717, 1.165) is 0 Å². The number of hydrogen-bond donors (Lipinski definition) is 1. The molecular weight excluding hydrogens is 464 g/mol. The van der Waals surface area contributed by atoms with Gasteiger partial charge in [0.2, 0.25) is 11.8 Å². The normalized spacial score (nSPS) is 13.4. The SMILES string of the molecule is COc1ccccc1Oc1ccnc(Nc2ccc3c(N4CCOCC4)c(C(C)=O)c(=O)oc3c2)n1. The van der Waals surface area contributed by atoms with Crippen LogP contribution in [0.2, 0.25) is 0 Å². The van der Waals surface area contributed by atoms with E-state index in [1.54, 1.807) is 37.6 Å². The molecule has 4 aromatic rings. The standard InChI is InChI=1S/C26H24N4O6/c1-16(31)23-24(30-11-13-34-14-12-30)18-8-7-17(15-21(18)36-25(23)32)28-26-27-10-9-22(29-26)35-20-6-4-3-5-19(20)33-2/h3-10,15H,11-14H2,1-2H3,(H,27,28,29). The van der Waals surface area contributed by atoms with E-state index in [2.05, 4.69) is 15.3 Å². The third kappa shape index (κ3) is 4.71. The molecule has 2 aromatic carbocycles. The van der Waals surface area contributed by atoms with Crippen LogP contribution in [0.15, 0.2) is 63.9 Å². The first-order valence-corrected chi connectivity index (χ1v) is 11.4. The lowest BCUT2D eigenvalue weighted by molar-refractivity contribution is 0.101. The van der Waals surface area contributed by atoms with Crippen LogP contribution in [0.25, 0.3) is 11.0 Å². The number of Topliss-reactive ketones (excluding diaryl/α,β-unsaturated/α-hetero) is 1. The smallest absolute Gasteiger partial charge is 0.349 e. The number of benzene rings is 2. The molecule has 1 aliphatic heterocycles. The van der Waals surface area contributed by atoms with E-state index < -0.39 is 5.63 Å². The largest absolute Gasteiger partial charge is 0.493 e. The van der Waals surface area contributed by atoms with Crippen molar-refractivity contribution >= 4 is 34.1 Å². The molecule has 0 aliphatic carbocycles. The summed E-state index contributed by atoms with van der Waals surface area (Å²) in [4.78, 5) is 35.7. The lowest BCUT2D eigenvalue weighted by Crippen LogP contribution is -2.38. The minimum atomic E-state index is -0.669. The number of rotatable bonds is 7. The van der Waals surface area contributed by atoms with Crippen molar-refractivity contribution < 1.29 is 23.4 Å². The number of aromatic nitrogens is 2. The molecule has 1 aliphatic rings. The highest BCUT2D eigenvalue weighted by atomic mass is 16.5. The maximum atomic E-state index is 12.8. The molecule has 1 saturated heterocycles. The number of carbonyl (C=O) groups excluding carboxylic acids is 1. The van der Waals surface area contributed by atoms with Gasteiger partial charge in [0.25, 0.3) is 0 Å². The number of hydrogen-bond acceptors (Lipinski definition) is 10. The zero-order valence-electron chi connectivity index (χ0n) is 19.8. The molecule has 5 rings (SSSR count). The highest BCUT2D eigenvalue weighted by molar-refractivity contribution is 6.07. The number of ketones is 1. The van der Waals surface area contributed by atoms with Crippen molar-refractivity contribution in [3.63, 3.8) is 0 Å². The van der Waals surface area contributed by atoms with Gasteiger partial charge in [-0.1, -0.05) is 12.1 Å². The van der Waals surface area contributed by atoms with Gasteiger partial charge in [-0.25, -0.2) is 9.78 Å². The molecule has 10 nitrogen and oxygen atoms in total. The van der Waals surface area contributed by atoms with Crippen LogP contribution in [0.1, 0.15) is 17.3 Å². The molecule has 0 spiro atoms. The average Bonchev–Trinajstić information content (AvgIpc) is 2.88. The van der Waals surface area contributed by atoms with Crippen molar-refractivity contribution in [2.45, 2.75) is 6.92 Å². The van der Waals surface area contributed by atoms with Gasteiger partial charge in [0, 0.05) is 42.5 Å². The first-order valence-electron chi connectivity index (χ1n) is 11.4. The van der Waals surface area contributed by atoms with Crippen LogP contribution >= 0.6 is 0 Å². The van der Waals surface area contributed by atoms with Crippen LogP contribution in [-0.4, -0.2) is 49.2 Å². The van der Waals surface area contributed by atoms with Gasteiger partial charge in [-0.3, -0.25) is 4.79 Å². The fourth-order valence-corrected chi connectivity index (χ4v) is 4.09. The molecule has 1 fully saturated rings. The monoisotopic (exact) mass is 488 g/mol. The van der Waals surface area contributed by atoms with Crippen LogP contribution in [0.4, 0.5) is 17.3 Å². The molecular formula is C26H24N4O6. The first kappa shape index (κ1) is 23.3. The van der Waals surface area contributed by atoms with E-state index in [0.29, 0.717) is 66.0 Å². The second-order valence-electron chi connectivity index (χ2n) is 8.08. The van der Waals surface area contributed by atoms with Gasteiger partial charge < -0.3 is 28.8 Å². The summed E-state index contributed by atoms with van der Waals surface area (Å²) in [5.74, 6) is 1.38. The second-order valence-corrected chi connectivity index (χ2v) is 8.08. The van der Waals surface area contributed by atoms with Crippen molar-refractivity contribution in [2.24, 2.45) is 0 Å². The van der Waals surface area contributed by atoms with Gasteiger partial charge in [0.1, 0.15) is 11.1 Å². The summed E-state index contributed by atoms with van der Waals surface area (Å²) in [5.41, 5.74) is 0.903. The Balaban J connectivity index is 1.46. The zero-order valence-corrected chi connectivity index (χ0v) is 19.8. The van der Waals surface area contributed by atoms with Gasteiger partial charge in [-0.05, 0) is 31.2 Å². The maximum Gasteiger partial charge on any atom is 0.349 e. The summed E-state index contributed by atoms with van der Waals surface area (Å²) in [7, 11) is 1.57. The van der Waals surface area contributed by atoms with Gasteiger partial charge >= 0.3 is 5.63 Å². The van der Waals surface area contributed by atoms with Gasteiger partial charge in [-0.2, -0.15) is 4.98 Å². The quantitative estimate of drug-likeness (QED) is 0.300. The van der Waals surface area contributed by atoms with Crippen molar-refractivity contribution in [1.82, 2.24) is 9.97 Å². The molecule has 3 heterocycles. The Kier molecular flexibility index (Phi) is 6.50. The molecule has 36 heavy (non-hydrogen) atoms. The minimum absolute atomic E-state index is 0.0506. The number of methoxy groups -OCH3 is 1. The zero-order chi connectivity index (χ0) is 25.1. The number of nitrogens with one attached hydrogen (secondary N) is 1. The molecule has 2 aromatic heterocycles. The van der Waals surface area contributed by atoms with Crippen molar-refractivity contribution in [3.05, 3.63) is 70.7 Å². The molecule has 0 bridgehead atoms. The lowest BCUT2D eigenvalue weighted by atomic mass is 10.1. The second kappa shape index (κ2) is 10.0. The fourth-order valence-electron chi connectivity index (χ4n) is 4.09. The van der Waals surface area contributed by atoms with Crippen LogP contribution < -0.4 is 25.3 Å². The van der Waals surface area contributed by atoms with Gasteiger partial charge in [0.15, 0.2) is 17.3 Å². The molecule has 0 amide bonds. The Morgan fingerprint density at radius 2 is 1.86 bits per heavy atom. The van der Waals surface area contributed by atoms with E-state index in [9.17, 15) is 9.59 Å². The Morgan fingerprint density at radius 3 is 2.61 bits per heavy atom. The molecule has 0 unspecified atom stereocenters. The van der Waals surface area contributed by atoms with Gasteiger partial charge in [-0.15, -0.1) is 0 Å². The molecule has 184 valence electrons. The number of fused-ring (bicyclic) bond motifs is 1. The Labute approximate surface area is 206 Å². The van der Waals surface area contributed by atoms with Crippen molar-refractivity contribution in [3.8, 4) is 17.4 Å². The molecule has 0 saturated carbocycles.